The Kier molecular flexibility index (Phi) is 11.0. The van der Waals surface area contributed by atoms with E-state index in [4.69, 9.17) is 14.0 Å². The van der Waals surface area contributed by atoms with E-state index in [1.807, 2.05) is 0 Å². The van der Waals surface area contributed by atoms with E-state index in [2.05, 4.69) is 83.0 Å². The Balaban J connectivity index is 0.00000178. The summed E-state index contributed by atoms with van der Waals surface area (Å²) >= 11 is 0. The first-order chi connectivity index (χ1) is 11.7. The molecule has 0 aliphatic rings. The smallest absolute Gasteiger partial charge is 0.373 e. The highest BCUT2D eigenvalue weighted by Gasteiger charge is 2.38. The van der Waals surface area contributed by atoms with Gasteiger partial charge in [-0.2, -0.15) is 9.59 Å². The molecule has 0 bridgehead atoms. The summed E-state index contributed by atoms with van der Waals surface area (Å²) in [7, 11) is -1.73. The van der Waals surface area contributed by atoms with Gasteiger partial charge in [0.25, 0.3) is 0 Å². The molecule has 0 saturated carbocycles. The predicted octanol–water partition coefficient (Wildman–Crippen LogP) is 5.23. The molecule has 0 aliphatic carbocycles. The molecule has 0 amide bonds. The Hall–Kier alpha value is -1.66. The molecular formula is C21H32O3Si. The van der Waals surface area contributed by atoms with Crippen molar-refractivity contribution in [2.24, 2.45) is 0 Å². The van der Waals surface area contributed by atoms with Crippen molar-refractivity contribution < 1.29 is 14.0 Å². The average molecular weight is 361 g/mol. The quantitative estimate of drug-likeness (QED) is 0.515. The van der Waals surface area contributed by atoms with Crippen LogP contribution in [0.4, 0.5) is 0 Å². The molecule has 0 aliphatic heterocycles. The lowest BCUT2D eigenvalue weighted by Gasteiger charge is -2.39. The molecule has 1 aromatic carbocycles. The van der Waals surface area contributed by atoms with Gasteiger partial charge in [-0.3, -0.25) is 0 Å². The fraction of sp³-hybridized carbons (Fsp3) is 0.571. The molecule has 0 aromatic heterocycles. The van der Waals surface area contributed by atoms with Gasteiger partial charge < -0.3 is 4.43 Å². The lowest BCUT2D eigenvalue weighted by molar-refractivity contribution is -0.191. The summed E-state index contributed by atoms with van der Waals surface area (Å²) in [6.07, 6.45) is 4.39. The van der Waals surface area contributed by atoms with E-state index in [-0.39, 0.29) is 17.3 Å². The molecule has 0 N–H and O–H groups in total. The van der Waals surface area contributed by atoms with Gasteiger partial charge in [-0.15, -0.1) is 11.8 Å². The third-order valence-corrected chi connectivity index (χ3v) is 9.03. The first-order valence-electron chi connectivity index (χ1n) is 8.84. The number of benzene rings is 1. The van der Waals surface area contributed by atoms with Crippen molar-refractivity contribution in [3.63, 3.8) is 0 Å². The standard InChI is InChI=1S/C20H32OSi.CO2/c1-7-8-10-15-19(21-22(5,6)20(2,3)4)17-16-18-13-11-9-12-14-18;2-1-3/h9,11-14,19H,7,15-17H2,1-6H3;. The molecule has 0 saturated heterocycles. The number of hydrogen-bond acceptors (Lipinski definition) is 3. The van der Waals surface area contributed by atoms with Crippen molar-refractivity contribution in [2.45, 2.75) is 77.6 Å². The molecule has 1 unspecified atom stereocenters. The zero-order valence-corrected chi connectivity index (χ0v) is 17.5. The lowest BCUT2D eigenvalue weighted by atomic mass is 10.1. The molecule has 25 heavy (non-hydrogen) atoms. The normalized spacial score (nSPS) is 12.1. The maximum Gasteiger partial charge on any atom is 0.373 e. The van der Waals surface area contributed by atoms with Crippen LogP contribution in [0.25, 0.3) is 0 Å². The molecule has 0 spiro atoms. The zero-order chi connectivity index (χ0) is 19.3. The second-order valence-corrected chi connectivity index (χ2v) is 12.3. The molecule has 4 heteroatoms. The van der Waals surface area contributed by atoms with Crippen LogP contribution < -0.4 is 0 Å². The molecule has 0 radical (unpaired) electrons. The Morgan fingerprint density at radius 2 is 1.64 bits per heavy atom. The van der Waals surface area contributed by atoms with Crippen molar-refractivity contribution in [2.75, 3.05) is 0 Å². The summed E-state index contributed by atoms with van der Waals surface area (Å²) in [5, 5.41) is 0.246. The third kappa shape index (κ3) is 10.0. The summed E-state index contributed by atoms with van der Waals surface area (Å²) in [5.74, 6) is 6.48. The van der Waals surface area contributed by atoms with Gasteiger partial charge in [-0.1, -0.05) is 58.0 Å². The van der Waals surface area contributed by atoms with Crippen LogP contribution in [-0.4, -0.2) is 20.6 Å². The minimum atomic E-state index is -1.73. The molecule has 1 aromatic rings. The highest BCUT2D eigenvalue weighted by Crippen LogP contribution is 2.38. The maximum absolute atomic E-state index is 8.12. The van der Waals surface area contributed by atoms with Crippen LogP contribution in [0.2, 0.25) is 18.1 Å². The molecule has 138 valence electrons. The maximum atomic E-state index is 8.12. The second-order valence-electron chi connectivity index (χ2n) is 7.52. The molecule has 0 heterocycles. The Morgan fingerprint density at radius 1 is 1.08 bits per heavy atom. The van der Waals surface area contributed by atoms with E-state index in [1.54, 1.807) is 0 Å². The fourth-order valence-corrected chi connectivity index (χ4v) is 3.47. The molecule has 0 fully saturated rings. The summed E-state index contributed by atoms with van der Waals surface area (Å²) in [6.45, 7) is 13.6. The van der Waals surface area contributed by atoms with Gasteiger partial charge in [-0.05, 0) is 36.5 Å². The first-order valence-corrected chi connectivity index (χ1v) is 11.8. The van der Waals surface area contributed by atoms with E-state index in [9.17, 15) is 0 Å². The minimum Gasteiger partial charge on any atom is -0.413 e. The van der Waals surface area contributed by atoms with Crippen molar-refractivity contribution in [1.29, 1.82) is 0 Å². The van der Waals surface area contributed by atoms with Gasteiger partial charge in [0.2, 0.25) is 0 Å². The van der Waals surface area contributed by atoms with Crippen molar-refractivity contribution in [1.82, 2.24) is 0 Å². The van der Waals surface area contributed by atoms with Crippen LogP contribution >= 0.6 is 0 Å². The second kappa shape index (κ2) is 11.8. The van der Waals surface area contributed by atoms with Gasteiger partial charge in [0.05, 0.1) is 6.10 Å². The van der Waals surface area contributed by atoms with E-state index in [1.165, 1.54) is 5.56 Å². The summed E-state index contributed by atoms with van der Waals surface area (Å²) < 4.78 is 6.61. The van der Waals surface area contributed by atoms with Gasteiger partial charge in [-0.25, -0.2) is 0 Å². The minimum absolute atomic E-state index is 0.246. The van der Waals surface area contributed by atoms with Crippen molar-refractivity contribution >= 4 is 14.5 Å². The SMILES string of the molecule is CCC#CCC(CCc1ccccc1)O[Si](C)(C)C(C)(C)C.O=C=O. The Labute approximate surface area is 154 Å². The fourth-order valence-electron chi connectivity index (χ4n) is 2.08. The van der Waals surface area contributed by atoms with Crippen LogP contribution in [0.5, 0.6) is 0 Å². The highest BCUT2D eigenvalue weighted by molar-refractivity contribution is 6.74. The van der Waals surface area contributed by atoms with Crippen molar-refractivity contribution in [3.8, 4) is 11.8 Å². The van der Waals surface area contributed by atoms with E-state index in [0.717, 1.165) is 25.7 Å². The zero-order valence-electron chi connectivity index (χ0n) is 16.5. The van der Waals surface area contributed by atoms with Crippen LogP contribution in [0.15, 0.2) is 30.3 Å². The lowest BCUT2D eigenvalue weighted by Crippen LogP contribution is -2.44. The van der Waals surface area contributed by atoms with Crippen LogP contribution in [0.1, 0.15) is 52.5 Å². The van der Waals surface area contributed by atoms with Gasteiger partial charge in [0.15, 0.2) is 8.32 Å². The van der Waals surface area contributed by atoms with Crippen molar-refractivity contribution in [3.05, 3.63) is 35.9 Å². The summed E-state index contributed by atoms with van der Waals surface area (Å²) in [6, 6.07) is 10.7. The first kappa shape index (κ1) is 23.3. The predicted molar refractivity (Wildman–Crippen MR) is 105 cm³/mol. The summed E-state index contributed by atoms with van der Waals surface area (Å²) in [5.41, 5.74) is 1.38. The molecule has 1 atom stereocenters. The van der Waals surface area contributed by atoms with Crippen LogP contribution in [-0.2, 0) is 20.4 Å². The van der Waals surface area contributed by atoms with Gasteiger partial charge >= 0.3 is 6.15 Å². The number of rotatable bonds is 6. The highest BCUT2D eigenvalue weighted by atomic mass is 28.4. The van der Waals surface area contributed by atoms with Gasteiger partial charge in [0.1, 0.15) is 0 Å². The monoisotopic (exact) mass is 360 g/mol. The van der Waals surface area contributed by atoms with E-state index in [0.29, 0.717) is 0 Å². The molecule has 3 nitrogen and oxygen atoms in total. The summed E-state index contributed by atoms with van der Waals surface area (Å²) in [4.78, 5) is 16.2. The van der Waals surface area contributed by atoms with E-state index < -0.39 is 8.32 Å². The average Bonchev–Trinajstić information content (AvgIpc) is 2.53. The number of aryl methyl sites for hydroxylation is 1. The molecule has 1 rings (SSSR count). The van der Waals surface area contributed by atoms with E-state index >= 15 is 0 Å². The molecular weight excluding hydrogens is 328 g/mol. The Morgan fingerprint density at radius 3 is 2.12 bits per heavy atom. The van der Waals surface area contributed by atoms with Crippen LogP contribution in [0.3, 0.4) is 0 Å². The largest absolute Gasteiger partial charge is 0.413 e. The Bertz CT molecular complexity index is 571. The number of hydrogen-bond donors (Lipinski definition) is 0. The number of carbonyl (C=O) groups excluding carboxylic acids is 2. The third-order valence-electron chi connectivity index (χ3n) is 4.50. The van der Waals surface area contributed by atoms with Gasteiger partial charge in [0, 0.05) is 12.8 Å². The van der Waals surface area contributed by atoms with Crippen LogP contribution in [0, 0.1) is 11.8 Å². The topological polar surface area (TPSA) is 43.4 Å².